The summed E-state index contributed by atoms with van der Waals surface area (Å²) < 4.78 is 11.6. The molecule has 3 rings (SSSR count). The highest BCUT2D eigenvalue weighted by Gasteiger charge is 2.30. The molecule has 0 N–H and O–H groups in total. The summed E-state index contributed by atoms with van der Waals surface area (Å²) in [6, 6.07) is 0. The number of hydrogen-bond donors (Lipinski definition) is 0. The lowest BCUT2D eigenvalue weighted by Crippen LogP contribution is -2.07. The Kier molecular flexibility index (Phi) is 11.2. The van der Waals surface area contributed by atoms with Crippen molar-refractivity contribution in [1.82, 2.24) is 18.3 Å². The van der Waals surface area contributed by atoms with E-state index in [1.165, 1.54) is 34.3 Å². The summed E-state index contributed by atoms with van der Waals surface area (Å²) in [5.74, 6) is 0. The molecule has 1 aliphatic rings. The van der Waals surface area contributed by atoms with E-state index in [1.54, 1.807) is 0 Å². The summed E-state index contributed by atoms with van der Waals surface area (Å²) in [7, 11) is 7.46. The van der Waals surface area contributed by atoms with Crippen LogP contribution in [0.25, 0.3) is 11.4 Å². The molecule has 0 fully saturated rings. The number of unbranched alkanes of at least 4 members (excludes halogenated alkanes) is 4. The van der Waals surface area contributed by atoms with Crippen molar-refractivity contribution >= 4 is 65.7 Å². The average molecular weight is 549 g/mol. The van der Waals surface area contributed by atoms with Crippen LogP contribution in [0.3, 0.4) is 0 Å². The van der Waals surface area contributed by atoms with Gasteiger partial charge in [0, 0.05) is 26.2 Å². The van der Waals surface area contributed by atoms with Gasteiger partial charge in [-0.05, 0) is 91.4 Å². The van der Waals surface area contributed by atoms with Gasteiger partial charge in [-0.2, -0.15) is 0 Å². The topological polar surface area (TPSA) is 19.7 Å². The van der Waals surface area contributed by atoms with E-state index in [1.807, 2.05) is 41.2 Å². The van der Waals surface area contributed by atoms with E-state index in [2.05, 4.69) is 46.0 Å². The summed E-state index contributed by atoms with van der Waals surface area (Å²) in [5.41, 5.74) is 2.61. The predicted molar refractivity (Wildman–Crippen MR) is 152 cm³/mol. The molecule has 0 saturated carbocycles. The monoisotopic (exact) mass is 548 g/mol. The molecule has 0 aromatic carbocycles. The molecule has 0 spiro atoms. The molecular weight excluding hydrogens is 513 g/mol. The van der Waals surface area contributed by atoms with Gasteiger partial charge in [-0.25, -0.2) is 0 Å². The van der Waals surface area contributed by atoms with Crippen LogP contribution in [0.5, 0.6) is 0 Å². The van der Waals surface area contributed by atoms with Crippen LogP contribution in [0, 0.1) is 9.54 Å². The fourth-order valence-electron chi connectivity index (χ4n) is 3.94. The molecule has 2 aromatic rings. The highest BCUT2D eigenvalue weighted by Crippen LogP contribution is 2.56. The number of fused-ring (bicyclic) bond motifs is 3. The highest BCUT2D eigenvalue weighted by atomic mass is 33.7. The molecule has 0 aliphatic carbocycles. The Morgan fingerprint density at radius 1 is 0.531 bits per heavy atom. The highest BCUT2D eigenvalue weighted by molar-refractivity contribution is 9.26. The van der Waals surface area contributed by atoms with E-state index in [9.17, 15) is 0 Å². The third-order valence-electron chi connectivity index (χ3n) is 5.78. The summed E-state index contributed by atoms with van der Waals surface area (Å²) in [5, 5.41) is 2.62. The molecule has 0 bridgehead atoms. The van der Waals surface area contributed by atoms with E-state index in [4.69, 9.17) is 24.4 Å². The Balaban J connectivity index is 2.31. The third-order valence-corrected chi connectivity index (χ3v) is 12.7. The van der Waals surface area contributed by atoms with Gasteiger partial charge in [0.15, 0.2) is 9.54 Å². The number of imidazole rings is 2. The van der Waals surface area contributed by atoms with Gasteiger partial charge in [0.2, 0.25) is 0 Å². The third kappa shape index (κ3) is 5.73. The van der Waals surface area contributed by atoms with Gasteiger partial charge in [-0.15, -0.1) is 0 Å². The smallest absolute Gasteiger partial charge is 0.181 e. The van der Waals surface area contributed by atoms with E-state index in [0.29, 0.717) is 0 Å². The average Bonchev–Trinajstić information content (AvgIpc) is 3.18. The van der Waals surface area contributed by atoms with Crippen molar-refractivity contribution in [3.8, 4) is 11.4 Å². The maximum atomic E-state index is 6.09. The maximum absolute atomic E-state index is 6.09. The molecule has 3 heterocycles. The first-order valence-corrected chi connectivity index (χ1v) is 17.6. The normalized spacial score (nSPS) is 13.6. The van der Waals surface area contributed by atoms with E-state index >= 15 is 0 Å². The molecule has 0 saturated heterocycles. The van der Waals surface area contributed by atoms with Crippen LogP contribution in [0.4, 0.5) is 0 Å². The zero-order valence-electron chi connectivity index (χ0n) is 19.7. The maximum Gasteiger partial charge on any atom is 0.181 e. The number of hydrogen-bond acceptors (Lipinski definition) is 6. The minimum absolute atomic E-state index is 0.972. The van der Waals surface area contributed by atoms with Gasteiger partial charge >= 0.3 is 0 Å². The fraction of sp³-hybridized carbons (Fsp3) is 0.727. The molecule has 0 amide bonds. The van der Waals surface area contributed by atoms with Crippen molar-refractivity contribution in [2.75, 3.05) is 0 Å². The molecular formula is C22H36N4S6. The van der Waals surface area contributed by atoms with E-state index in [-0.39, 0.29) is 0 Å². The summed E-state index contributed by atoms with van der Waals surface area (Å²) >= 11 is 12.2. The van der Waals surface area contributed by atoms with Crippen molar-refractivity contribution in [1.29, 1.82) is 0 Å². The zero-order chi connectivity index (χ0) is 23.1. The largest absolute Gasteiger partial charge is 0.314 e. The molecule has 0 unspecified atom stereocenters. The molecule has 0 radical (unpaired) electrons. The standard InChI is InChI=1S/C22H36N4S6/c1-5-9-13-23-17-18-20(26(16-12-8-4)22(28)24(18)14-10-6-2)30-32-31-29-19(17)25(21(23)27)15-11-7-3/h5-16H2,1-4H3. The van der Waals surface area contributed by atoms with Gasteiger partial charge in [-0.1, -0.05) is 53.4 Å². The Bertz CT molecular complexity index is 919. The number of aromatic nitrogens is 4. The molecule has 10 heteroatoms. The zero-order valence-corrected chi connectivity index (χ0v) is 24.6. The first kappa shape index (κ1) is 26.9. The van der Waals surface area contributed by atoms with Gasteiger partial charge in [0.05, 0.1) is 0 Å². The van der Waals surface area contributed by atoms with E-state index in [0.717, 1.165) is 74.2 Å². The van der Waals surface area contributed by atoms with Crippen LogP contribution in [0.2, 0.25) is 0 Å². The van der Waals surface area contributed by atoms with Crippen molar-refractivity contribution in [2.24, 2.45) is 0 Å². The molecule has 2 aromatic heterocycles. The lowest BCUT2D eigenvalue weighted by atomic mass is 10.2. The summed E-state index contributed by atoms with van der Waals surface area (Å²) in [6.45, 7) is 12.9. The second-order valence-electron chi connectivity index (χ2n) is 8.20. The minimum Gasteiger partial charge on any atom is -0.314 e. The molecule has 32 heavy (non-hydrogen) atoms. The van der Waals surface area contributed by atoms with Gasteiger partial charge in [0.1, 0.15) is 21.4 Å². The predicted octanol–water partition coefficient (Wildman–Crippen LogP) is 9.63. The molecule has 4 nitrogen and oxygen atoms in total. The fourth-order valence-corrected chi connectivity index (χ4v) is 10.8. The van der Waals surface area contributed by atoms with Crippen molar-refractivity contribution in [2.45, 2.75) is 115 Å². The van der Waals surface area contributed by atoms with Crippen LogP contribution in [0.1, 0.15) is 79.1 Å². The molecule has 0 atom stereocenters. The Morgan fingerprint density at radius 3 is 1.16 bits per heavy atom. The van der Waals surface area contributed by atoms with Gasteiger partial charge in [0.25, 0.3) is 0 Å². The second-order valence-corrected chi connectivity index (χ2v) is 14.6. The Hall–Kier alpha value is 0.260. The summed E-state index contributed by atoms with van der Waals surface area (Å²) in [4.78, 5) is 0. The van der Waals surface area contributed by atoms with Gasteiger partial charge < -0.3 is 18.3 Å². The Labute approximate surface area is 218 Å². The van der Waals surface area contributed by atoms with Crippen LogP contribution in [-0.4, -0.2) is 18.3 Å². The first-order valence-electron chi connectivity index (χ1n) is 11.9. The summed E-state index contributed by atoms with van der Waals surface area (Å²) in [6.07, 6.45) is 9.25. The molecule has 180 valence electrons. The first-order chi connectivity index (χ1) is 15.6. The SMILES string of the molecule is CCCCn1c2c(n(CCCC)c1=S)-c1c(n(CCCC)c(=S)n1CCCC)SSSS2. The van der Waals surface area contributed by atoms with E-state index < -0.39 is 0 Å². The van der Waals surface area contributed by atoms with Crippen molar-refractivity contribution in [3.05, 3.63) is 9.54 Å². The second kappa shape index (κ2) is 13.4. The quantitative estimate of drug-likeness (QED) is 0.193. The number of nitrogens with zero attached hydrogens (tertiary/aromatic N) is 4. The number of rotatable bonds is 12. The molecule has 1 aliphatic heterocycles. The Morgan fingerprint density at radius 2 is 0.844 bits per heavy atom. The van der Waals surface area contributed by atoms with Crippen LogP contribution in [-0.2, 0) is 26.2 Å². The van der Waals surface area contributed by atoms with Crippen molar-refractivity contribution in [3.63, 3.8) is 0 Å². The van der Waals surface area contributed by atoms with Crippen LogP contribution < -0.4 is 0 Å². The van der Waals surface area contributed by atoms with Crippen LogP contribution >= 0.6 is 65.7 Å². The lowest BCUT2D eigenvalue weighted by Gasteiger charge is -2.17. The van der Waals surface area contributed by atoms with Gasteiger partial charge in [-0.3, -0.25) is 0 Å². The van der Waals surface area contributed by atoms with Crippen molar-refractivity contribution < 1.29 is 0 Å². The van der Waals surface area contributed by atoms with Crippen LogP contribution in [0.15, 0.2) is 10.1 Å². The lowest BCUT2D eigenvalue weighted by molar-refractivity contribution is 0.565. The minimum atomic E-state index is 0.972.